The maximum atomic E-state index is 10.6. The lowest BCUT2D eigenvalue weighted by atomic mass is 9.68. The van der Waals surface area contributed by atoms with Crippen LogP contribution in [0.5, 0.6) is 0 Å². The molecule has 0 aromatic carbocycles. The maximum absolute atomic E-state index is 10.6. The van der Waals surface area contributed by atoms with E-state index in [1.807, 2.05) is 12.2 Å². The first-order valence-electron chi connectivity index (χ1n) is 8.49. The molecule has 2 aliphatic rings. The van der Waals surface area contributed by atoms with Crippen molar-refractivity contribution >= 4 is 5.97 Å². The predicted octanol–water partition coefficient (Wildman–Crippen LogP) is 5.75. The number of hydrogen-bond acceptors (Lipinski definition) is 1. The molecule has 0 aromatic heterocycles. The molecule has 124 valence electrons. The highest BCUT2D eigenvalue weighted by Crippen LogP contribution is 2.46. The highest BCUT2D eigenvalue weighted by molar-refractivity contribution is 5.81. The Hall–Kier alpha value is -1.83. The smallest absolute Gasteiger partial charge is 0.328 e. The van der Waals surface area contributed by atoms with E-state index in [4.69, 9.17) is 5.11 Å². The minimum atomic E-state index is -0.901. The summed E-state index contributed by atoms with van der Waals surface area (Å²) in [5, 5.41) is 8.72. The van der Waals surface area contributed by atoms with Gasteiger partial charge in [0, 0.05) is 6.08 Å². The van der Waals surface area contributed by atoms with Gasteiger partial charge in [0.2, 0.25) is 0 Å². The van der Waals surface area contributed by atoms with E-state index in [2.05, 4.69) is 32.9 Å². The Morgan fingerprint density at radius 1 is 1.22 bits per heavy atom. The molecule has 0 saturated carbocycles. The molecule has 2 aliphatic carbocycles. The number of carboxylic acid groups (broad SMARTS) is 1. The second-order valence-corrected chi connectivity index (χ2v) is 7.36. The van der Waals surface area contributed by atoms with Gasteiger partial charge in [-0.2, -0.15) is 0 Å². The Balaban J connectivity index is 2.17. The number of carboxylic acids is 1. The van der Waals surface area contributed by atoms with E-state index in [1.165, 1.54) is 42.9 Å². The average Bonchev–Trinajstić information content (AvgIpc) is 2.45. The standard InChI is InChI=1S/C21H28O2/c1-15(13-20(22)23)7-5-8-16(2)18-11-10-17-9-6-12-21(3,4)19(17)14-18/h5,7-8,13-14H,6,9-12H2,1-4H3,(H,22,23). The van der Waals surface area contributed by atoms with Crippen molar-refractivity contribution in [1.29, 1.82) is 0 Å². The molecular weight excluding hydrogens is 284 g/mol. The van der Waals surface area contributed by atoms with Crippen LogP contribution < -0.4 is 0 Å². The molecule has 0 amide bonds. The van der Waals surface area contributed by atoms with E-state index < -0.39 is 5.97 Å². The first kappa shape index (κ1) is 17.5. The summed E-state index contributed by atoms with van der Waals surface area (Å²) < 4.78 is 0. The average molecular weight is 312 g/mol. The van der Waals surface area contributed by atoms with E-state index in [0.29, 0.717) is 5.41 Å². The zero-order valence-corrected chi connectivity index (χ0v) is 14.8. The fraction of sp³-hybridized carbons (Fsp3) is 0.476. The molecule has 0 fully saturated rings. The molecule has 2 heteroatoms. The summed E-state index contributed by atoms with van der Waals surface area (Å²) in [7, 11) is 0. The van der Waals surface area contributed by atoms with Gasteiger partial charge in [0.1, 0.15) is 0 Å². The molecule has 1 N–H and O–H groups in total. The summed E-state index contributed by atoms with van der Waals surface area (Å²) >= 11 is 0. The Bertz CT molecular complexity index is 637. The highest BCUT2D eigenvalue weighted by atomic mass is 16.4. The largest absolute Gasteiger partial charge is 0.478 e. The van der Waals surface area contributed by atoms with Crippen molar-refractivity contribution in [3.8, 4) is 0 Å². The third-order valence-corrected chi connectivity index (χ3v) is 4.97. The summed E-state index contributed by atoms with van der Waals surface area (Å²) in [6.07, 6.45) is 15.7. The quantitative estimate of drug-likeness (QED) is 0.530. The molecule has 23 heavy (non-hydrogen) atoms. The van der Waals surface area contributed by atoms with Crippen LogP contribution in [0, 0.1) is 5.41 Å². The SMILES string of the molecule is CC(C=CC=C(C)C1=CC2=C(CCCC2(C)C)CC1)=CC(=O)O. The first-order valence-corrected chi connectivity index (χ1v) is 8.49. The van der Waals surface area contributed by atoms with Crippen molar-refractivity contribution < 1.29 is 9.90 Å². The van der Waals surface area contributed by atoms with Gasteiger partial charge in [0.25, 0.3) is 0 Å². The van der Waals surface area contributed by atoms with Crippen molar-refractivity contribution in [2.75, 3.05) is 0 Å². The summed E-state index contributed by atoms with van der Waals surface area (Å²) in [6, 6.07) is 0. The fourth-order valence-corrected chi connectivity index (χ4v) is 3.59. The maximum Gasteiger partial charge on any atom is 0.328 e. The zero-order chi connectivity index (χ0) is 17.0. The third-order valence-electron chi connectivity index (χ3n) is 4.97. The second-order valence-electron chi connectivity index (χ2n) is 7.36. The number of allylic oxidation sites excluding steroid dienone is 9. The topological polar surface area (TPSA) is 37.3 Å². The number of rotatable bonds is 4. The van der Waals surface area contributed by atoms with Crippen LogP contribution in [0.2, 0.25) is 0 Å². The van der Waals surface area contributed by atoms with Crippen LogP contribution in [-0.4, -0.2) is 11.1 Å². The monoisotopic (exact) mass is 312 g/mol. The molecule has 2 nitrogen and oxygen atoms in total. The van der Waals surface area contributed by atoms with Gasteiger partial charge in [-0.1, -0.05) is 43.7 Å². The number of aliphatic carboxylic acids is 1. The summed E-state index contributed by atoms with van der Waals surface area (Å²) in [5.74, 6) is -0.901. The fourth-order valence-electron chi connectivity index (χ4n) is 3.59. The minimum Gasteiger partial charge on any atom is -0.478 e. The predicted molar refractivity (Wildman–Crippen MR) is 96.3 cm³/mol. The van der Waals surface area contributed by atoms with Crippen LogP contribution in [0.15, 0.2) is 58.2 Å². The van der Waals surface area contributed by atoms with Crippen molar-refractivity contribution in [2.45, 2.75) is 59.8 Å². The Labute approximate surface area is 140 Å². The van der Waals surface area contributed by atoms with Crippen molar-refractivity contribution in [1.82, 2.24) is 0 Å². The van der Waals surface area contributed by atoms with Gasteiger partial charge in [-0.15, -0.1) is 0 Å². The van der Waals surface area contributed by atoms with Crippen LogP contribution in [-0.2, 0) is 4.79 Å². The van der Waals surface area contributed by atoms with Gasteiger partial charge in [0.15, 0.2) is 0 Å². The molecule has 0 unspecified atom stereocenters. The molecule has 0 saturated heterocycles. The number of hydrogen-bond donors (Lipinski definition) is 1. The van der Waals surface area contributed by atoms with Gasteiger partial charge >= 0.3 is 5.97 Å². The van der Waals surface area contributed by atoms with Crippen molar-refractivity contribution in [3.05, 3.63) is 58.2 Å². The Kier molecular flexibility index (Phi) is 5.46. The van der Waals surface area contributed by atoms with Crippen molar-refractivity contribution in [2.24, 2.45) is 5.41 Å². The normalized spacial score (nSPS) is 22.2. The Morgan fingerprint density at radius 3 is 2.65 bits per heavy atom. The van der Waals surface area contributed by atoms with Gasteiger partial charge < -0.3 is 5.11 Å². The van der Waals surface area contributed by atoms with E-state index in [-0.39, 0.29) is 0 Å². The van der Waals surface area contributed by atoms with Gasteiger partial charge in [-0.25, -0.2) is 4.79 Å². The second kappa shape index (κ2) is 7.16. The molecule has 0 atom stereocenters. The van der Waals surface area contributed by atoms with Crippen LogP contribution in [0.4, 0.5) is 0 Å². The van der Waals surface area contributed by atoms with E-state index in [1.54, 1.807) is 18.1 Å². The zero-order valence-electron chi connectivity index (χ0n) is 14.8. The Morgan fingerprint density at radius 2 is 1.96 bits per heavy atom. The van der Waals surface area contributed by atoms with Crippen LogP contribution in [0.1, 0.15) is 59.8 Å². The lowest BCUT2D eigenvalue weighted by Crippen LogP contribution is -2.22. The van der Waals surface area contributed by atoms with Crippen LogP contribution in [0.3, 0.4) is 0 Å². The van der Waals surface area contributed by atoms with Crippen LogP contribution >= 0.6 is 0 Å². The van der Waals surface area contributed by atoms with E-state index >= 15 is 0 Å². The molecule has 0 aliphatic heterocycles. The molecule has 0 radical (unpaired) electrons. The van der Waals surface area contributed by atoms with Gasteiger partial charge in [0.05, 0.1) is 0 Å². The first-order chi connectivity index (χ1) is 10.8. The van der Waals surface area contributed by atoms with Crippen molar-refractivity contribution in [3.63, 3.8) is 0 Å². The molecule has 0 heterocycles. The summed E-state index contributed by atoms with van der Waals surface area (Å²) in [4.78, 5) is 10.6. The molecule has 0 bridgehead atoms. The van der Waals surface area contributed by atoms with Gasteiger partial charge in [-0.3, -0.25) is 0 Å². The lowest BCUT2D eigenvalue weighted by molar-refractivity contribution is -0.131. The van der Waals surface area contributed by atoms with Gasteiger partial charge in [-0.05, 0) is 73.7 Å². The molecule has 2 rings (SSSR count). The summed E-state index contributed by atoms with van der Waals surface area (Å²) in [6.45, 7) is 8.67. The lowest BCUT2D eigenvalue weighted by Gasteiger charge is -2.37. The summed E-state index contributed by atoms with van der Waals surface area (Å²) in [5.41, 5.74) is 6.96. The highest BCUT2D eigenvalue weighted by Gasteiger charge is 2.30. The molecule has 0 spiro atoms. The number of carbonyl (C=O) groups is 1. The molecular formula is C21H28O2. The third kappa shape index (κ3) is 4.57. The van der Waals surface area contributed by atoms with E-state index in [9.17, 15) is 4.79 Å². The minimum absolute atomic E-state index is 0.302. The molecule has 0 aromatic rings. The van der Waals surface area contributed by atoms with E-state index in [0.717, 1.165) is 12.0 Å². The van der Waals surface area contributed by atoms with Crippen LogP contribution in [0.25, 0.3) is 0 Å².